The Morgan fingerprint density at radius 1 is 1.19 bits per heavy atom. The molecule has 1 fully saturated rings. The summed E-state index contributed by atoms with van der Waals surface area (Å²) in [5.74, 6) is -0.361. The lowest BCUT2D eigenvalue weighted by molar-refractivity contribution is -0.136. The second-order valence-electron chi connectivity index (χ2n) is 5.88. The van der Waals surface area contributed by atoms with Crippen molar-refractivity contribution in [3.05, 3.63) is 29.8 Å². The topological polar surface area (TPSA) is 106 Å². The smallest absolute Gasteiger partial charge is 0.325 e. The van der Waals surface area contributed by atoms with Gasteiger partial charge >= 0.3 is 6.03 Å². The van der Waals surface area contributed by atoms with Gasteiger partial charge in [0.25, 0.3) is 5.91 Å². The van der Waals surface area contributed by atoms with Crippen LogP contribution in [-0.4, -0.2) is 63.5 Å². The number of amides is 4. The standard InChI is InChI=1S/C17H23N3O6/c1-17(11-5-7-12(24-2)8-6-11)15(22)20(16(23)19-17)10-13(21)18-9-14(25-3)26-4/h5-8,14H,9-10H2,1-4H3,(H,18,21)(H,19,23)/t17-/m0/s1. The quantitative estimate of drug-likeness (QED) is 0.503. The first-order chi connectivity index (χ1) is 12.3. The Kier molecular flexibility index (Phi) is 6.17. The Labute approximate surface area is 151 Å². The third-order valence-electron chi connectivity index (χ3n) is 4.24. The maximum absolute atomic E-state index is 12.8. The molecular weight excluding hydrogens is 342 g/mol. The number of rotatable bonds is 8. The van der Waals surface area contributed by atoms with Gasteiger partial charge in [0.1, 0.15) is 17.8 Å². The largest absolute Gasteiger partial charge is 0.497 e. The summed E-state index contributed by atoms with van der Waals surface area (Å²) >= 11 is 0. The van der Waals surface area contributed by atoms with Crippen LogP contribution in [0.15, 0.2) is 24.3 Å². The van der Waals surface area contributed by atoms with E-state index in [2.05, 4.69) is 10.6 Å². The van der Waals surface area contributed by atoms with Gasteiger partial charge in [-0.3, -0.25) is 14.5 Å². The SMILES string of the molecule is COc1ccc([C@]2(C)NC(=O)N(CC(=O)NCC(OC)OC)C2=O)cc1. The molecule has 2 rings (SSSR count). The van der Waals surface area contributed by atoms with Crippen LogP contribution < -0.4 is 15.4 Å². The lowest BCUT2D eigenvalue weighted by atomic mass is 9.92. The molecule has 0 unspecified atom stereocenters. The first-order valence-electron chi connectivity index (χ1n) is 7.96. The van der Waals surface area contributed by atoms with Crippen LogP contribution in [0.1, 0.15) is 12.5 Å². The fraction of sp³-hybridized carbons (Fsp3) is 0.471. The summed E-state index contributed by atoms with van der Waals surface area (Å²) in [6.07, 6.45) is -0.605. The Morgan fingerprint density at radius 3 is 2.35 bits per heavy atom. The van der Waals surface area contributed by atoms with Gasteiger partial charge in [0.2, 0.25) is 5.91 Å². The number of hydrogen-bond donors (Lipinski definition) is 2. The Balaban J connectivity index is 2.06. The summed E-state index contributed by atoms with van der Waals surface area (Å²) in [4.78, 5) is 37.9. The van der Waals surface area contributed by atoms with E-state index in [1.165, 1.54) is 21.3 Å². The van der Waals surface area contributed by atoms with Crippen molar-refractivity contribution in [2.45, 2.75) is 18.8 Å². The van der Waals surface area contributed by atoms with E-state index >= 15 is 0 Å². The minimum atomic E-state index is -1.24. The predicted molar refractivity (Wildman–Crippen MR) is 91.4 cm³/mol. The summed E-state index contributed by atoms with van der Waals surface area (Å²) in [6.45, 7) is 1.31. The molecule has 1 atom stereocenters. The molecule has 1 aromatic carbocycles. The number of benzene rings is 1. The maximum atomic E-state index is 12.8. The lowest BCUT2D eigenvalue weighted by Crippen LogP contribution is -2.44. The molecule has 9 nitrogen and oxygen atoms in total. The van der Waals surface area contributed by atoms with Crippen molar-refractivity contribution in [3.63, 3.8) is 0 Å². The van der Waals surface area contributed by atoms with Crippen LogP contribution in [0.3, 0.4) is 0 Å². The zero-order valence-electron chi connectivity index (χ0n) is 15.2. The molecule has 1 aromatic rings. The Hall–Kier alpha value is -2.65. The number of imide groups is 1. The van der Waals surface area contributed by atoms with Crippen LogP contribution in [0.4, 0.5) is 4.79 Å². The van der Waals surface area contributed by atoms with Crippen molar-refractivity contribution in [1.29, 1.82) is 0 Å². The number of carbonyl (C=O) groups excluding carboxylic acids is 3. The number of ether oxygens (including phenoxy) is 3. The van der Waals surface area contributed by atoms with Crippen molar-refractivity contribution in [1.82, 2.24) is 15.5 Å². The highest BCUT2D eigenvalue weighted by molar-refractivity contribution is 6.09. The average molecular weight is 365 g/mol. The number of nitrogens with zero attached hydrogens (tertiary/aromatic N) is 1. The third kappa shape index (κ3) is 3.94. The molecule has 0 bridgehead atoms. The molecule has 1 aliphatic rings. The average Bonchev–Trinajstić information content (AvgIpc) is 2.86. The van der Waals surface area contributed by atoms with Crippen molar-refractivity contribution in [2.75, 3.05) is 34.4 Å². The van der Waals surface area contributed by atoms with E-state index in [1.807, 2.05) is 0 Å². The monoisotopic (exact) mass is 365 g/mol. The van der Waals surface area contributed by atoms with E-state index in [0.29, 0.717) is 11.3 Å². The minimum absolute atomic E-state index is 0.102. The van der Waals surface area contributed by atoms with E-state index in [4.69, 9.17) is 14.2 Å². The molecule has 0 spiro atoms. The summed E-state index contributed by atoms with van der Waals surface area (Å²) in [7, 11) is 4.42. The van der Waals surface area contributed by atoms with Crippen LogP contribution in [0.2, 0.25) is 0 Å². The van der Waals surface area contributed by atoms with E-state index < -0.39 is 36.2 Å². The number of methoxy groups -OCH3 is 3. The van der Waals surface area contributed by atoms with Gasteiger partial charge in [-0.2, -0.15) is 0 Å². The Bertz CT molecular complexity index is 674. The van der Waals surface area contributed by atoms with E-state index in [1.54, 1.807) is 31.2 Å². The predicted octanol–water partition coefficient (Wildman–Crippen LogP) is 0.197. The first-order valence-corrected chi connectivity index (χ1v) is 7.96. The van der Waals surface area contributed by atoms with Crippen LogP contribution in [0, 0.1) is 0 Å². The summed E-state index contributed by atoms with van der Waals surface area (Å²) < 4.78 is 15.0. The van der Waals surface area contributed by atoms with Gasteiger partial charge in [0, 0.05) is 14.2 Å². The number of nitrogens with one attached hydrogen (secondary N) is 2. The van der Waals surface area contributed by atoms with Crippen LogP contribution >= 0.6 is 0 Å². The highest BCUT2D eigenvalue weighted by atomic mass is 16.7. The van der Waals surface area contributed by atoms with Crippen LogP contribution in [0.5, 0.6) is 5.75 Å². The molecule has 0 aromatic heterocycles. The van der Waals surface area contributed by atoms with Crippen molar-refractivity contribution in [3.8, 4) is 5.75 Å². The molecule has 142 valence electrons. The summed E-state index contributed by atoms with van der Waals surface area (Å²) in [5.41, 5.74) is -0.649. The lowest BCUT2D eigenvalue weighted by Gasteiger charge is -2.22. The normalized spacial score (nSPS) is 19.7. The highest BCUT2D eigenvalue weighted by Gasteiger charge is 2.49. The van der Waals surface area contributed by atoms with Crippen LogP contribution in [-0.2, 0) is 24.6 Å². The number of hydrogen-bond acceptors (Lipinski definition) is 6. The minimum Gasteiger partial charge on any atom is -0.497 e. The molecular formula is C17H23N3O6. The number of urea groups is 1. The fourth-order valence-electron chi connectivity index (χ4n) is 2.62. The zero-order chi connectivity index (χ0) is 19.3. The zero-order valence-corrected chi connectivity index (χ0v) is 15.2. The maximum Gasteiger partial charge on any atom is 0.325 e. The molecule has 1 aliphatic heterocycles. The van der Waals surface area contributed by atoms with Crippen LogP contribution in [0.25, 0.3) is 0 Å². The molecule has 26 heavy (non-hydrogen) atoms. The van der Waals surface area contributed by atoms with Crippen molar-refractivity contribution < 1.29 is 28.6 Å². The third-order valence-corrected chi connectivity index (χ3v) is 4.24. The van der Waals surface area contributed by atoms with Gasteiger partial charge in [-0.25, -0.2) is 4.79 Å². The highest BCUT2D eigenvalue weighted by Crippen LogP contribution is 2.29. The molecule has 2 N–H and O–H groups in total. The molecule has 4 amide bonds. The van der Waals surface area contributed by atoms with Gasteiger partial charge < -0.3 is 24.8 Å². The fourth-order valence-corrected chi connectivity index (χ4v) is 2.62. The van der Waals surface area contributed by atoms with Gasteiger partial charge in [0.15, 0.2) is 6.29 Å². The van der Waals surface area contributed by atoms with Gasteiger partial charge in [-0.15, -0.1) is 0 Å². The first kappa shape index (κ1) is 19.7. The van der Waals surface area contributed by atoms with E-state index in [0.717, 1.165) is 4.90 Å². The molecule has 9 heteroatoms. The molecule has 0 radical (unpaired) electrons. The summed E-state index contributed by atoms with van der Waals surface area (Å²) in [5, 5.41) is 5.20. The molecule has 1 heterocycles. The molecule has 1 saturated heterocycles. The Morgan fingerprint density at radius 2 is 1.81 bits per heavy atom. The number of carbonyl (C=O) groups is 3. The second kappa shape index (κ2) is 8.15. The van der Waals surface area contributed by atoms with Crippen molar-refractivity contribution in [2.24, 2.45) is 0 Å². The molecule has 0 saturated carbocycles. The van der Waals surface area contributed by atoms with Gasteiger partial charge in [0.05, 0.1) is 13.7 Å². The second-order valence-corrected chi connectivity index (χ2v) is 5.88. The van der Waals surface area contributed by atoms with E-state index in [9.17, 15) is 14.4 Å². The van der Waals surface area contributed by atoms with Crippen molar-refractivity contribution >= 4 is 17.8 Å². The van der Waals surface area contributed by atoms with E-state index in [-0.39, 0.29) is 6.54 Å². The molecule has 0 aliphatic carbocycles. The van der Waals surface area contributed by atoms with Gasteiger partial charge in [-0.05, 0) is 24.6 Å². The summed E-state index contributed by atoms with van der Waals surface area (Å²) in [6, 6.07) is 6.17. The van der Waals surface area contributed by atoms with Gasteiger partial charge in [-0.1, -0.05) is 12.1 Å².